The highest BCUT2D eigenvalue weighted by atomic mass is 79.9. The summed E-state index contributed by atoms with van der Waals surface area (Å²) in [5.74, 6) is 1.14. The molecule has 1 amide bonds. The summed E-state index contributed by atoms with van der Waals surface area (Å²) in [5.41, 5.74) is 0. The molecule has 0 aliphatic carbocycles. The molecule has 0 saturated carbocycles. The molecular formula is C14H20BrN3O. The SMILES string of the molecule is CCCC(=O)N[C@H]1CCCN(c2cc(Br)ccn2)C1. The summed E-state index contributed by atoms with van der Waals surface area (Å²) < 4.78 is 1.04. The molecule has 0 radical (unpaired) electrons. The van der Waals surface area contributed by atoms with E-state index in [2.05, 4.69) is 31.1 Å². The average molecular weight is 326 g/mol. The molecule has 1 saturated heterocycles. The zero-order chi connectivity index (χ0) is 13.7. The van der Waals surface area contributed by atoms with Gasteiger partial charge in [0.1, 0.15) is 5.82 Å². The van der Waals surface area contributed by atoms with E-state index in [-0.39, 0.29) is 11.9 Å². The number of carbonyl (C=O) groups excluding carboxylic acids is 1. The Morgan fingerprint density at radius 1 is 1.63 bits per heavy atom. The second-order valence-corrected chi connectivity index (χ2v) is 5.85. The van der Waals surface area contributed by atoms with Crippen molar-refractivity contribution in [1.29, 1.82) is 0 Å². The fourth-order valence-corrected chi connectivity index (χ4v) is 2.72. The zero-order valence-corrected chi connectivity index (χ0v) is 12.8. The van der Waals surface area contributed by atoms with Gasteiger partial charge in [-0.1, -0.05) is 22.9 Å². The van der Waals surface area contributed by atoms with Gasteiger partial charge < -0.3 is 10.2 Å². The Kier molecular flexibility index (Phi) is 5.19. The van der Waals surface area contributed by atoms with E-state index in [1.165, 1.54) is 0 Å². The monoisotopic (exact) mass is 325 g/mol. The fraction of sp³-hybridized carbons (Fsp3) is 0.571. The van der Waals surface area contributed by atoms with E-state index in [4.69, 9.17) is 0 Å². The molecular weight excluding hydrogens is 306 g/mol. The van der Waals surface area contributed by atoms with Crippen LogP contribution in [-0.2, 0) is 4.79 Å². The normalized spacial score (nSPS) is 19.3. The van der Waals surface area contributed by atoms with Crippen LogP contribution in [0.4, 0.5) is 5.82 Å². The van der Waals surface area contributed by atoms with Gasteiger partial charge in [-0.2, -0.15) is 0 Å². The maximum absolute atomic E-state index is 11.7. The minimum Gasteiger partial charge on any atom is -0.355 e. The van der Waals surface area contributed by atoms with Crippen molar-refractivity contribution in [2.24, 2.45) is 0 Å². The number of aromatic nitrogens is 1. The van der Waals surface area contributed by atoms with E-state index in [1.807, 2.05) is 19.1 Å². The molecule has 4 nitrogen and oxygen atoms in total. The number of piperidine rings is 1. The largest absolute Gasteiger partial charge is 0.355 e. The van der Waals surface area contributed by atoms with Crippen LogP contribution in [0.25, 0.3) is 0 Å². The first kappa shape index (κ1) is 14.3. The molecule has 1 aromatic rings. The van der Waals surface area contributed by atoms with Crippen molar-refractivity contribution in [3.05, 3.63) is 22.8 Å². The van der Waals surface area contributed by atoms with Crippen LogP contribution in [0.15, 0.2) is 22.8 Å². The van der Waals surface area contributed by atoms with Crippen LogP contribution >= 0.6 is 15.9 Å². The molecule has 0 aromatic carbocycles. The molecule has 104 valence electrons. The lowest BCUT2D eigenvalue weighted by Crippen LogP contribution is -2.48. The molecule has 1 aliphatic rings. The molecule has 0 bridgehead atoms. The number of hydrogen-bond acceptors (Lipinski definition) is 3. The quantitative estimate of drug-likeness (QED) is 0.925. The van der Waals surface area contributed by atoms with Crippen LogP contribution in [0.5, 0.6) is 0 Å². The molecule has 2 heterocycles. The Morgan fingerprint density at radius 3 is 3.21 bits per heavy atom. The van der Waals surface area contributed by atoms with Crippen LogP contribution in [0.2, 0.25) is 0 Å². The van der Waals surface area contributed by atoms with E-state index in [9.17, 15) is 4.79 Å². The Hall–Kier alpha value is -1.10. The molecule has 2 rings (SSSR count). The number of pyridine rings is 1. The number of nitrogens with one attached hydrogen (secondary N) is 1. The van der Waals surface area contributed by atoms with Crippen molar-refractivity contribution in [3.63, 3.8) is 0 Å². The first-order valence-corrected chi connectivity index (χ1v) is 7.64. The van der Waals surface area contributed by atoms with Crippen LogP contribution in [0.3, 0.4) is 0 Å². The zero-order valence-electron chi connectivity index (χ0n) is 11.2. The Morgan fingerprint density at radius 2 is 2.47 bits per heavy atom. The maximum Gasteiger partial charge on any atom is 0.220 e. The number of halogens is 1. The molecule has 1 aromatic heterocycles. The van der Waals surface area contributed by atoms with E-state index < -0.39 is 0 Å². The molecule has 5 heteroatoms. The number of anilines is 1. The van der Waals surface area contributed by atoms with Gasteiger partial charge in [-0.05, 0) is 31.4 Å². The Labute approximate surface area is 122 Å². The Balaban J connectivity index is 1.95. The van der Waals surface area contributed by atoms with E-state index >= 15 is 0 Å². The van der Waals surface area contributed by atoms with Gasteiger partial charge in [0.25, 0.3) is 0 Å². The summed E-state index contributed by atoms with van der Waals surface area (Å²) in [6.45, 7) is 3.88. The summed E-state index contributed by atoms with van der Waals surface area (Å²) in [5, 5.41) is 3.11. The first-order chi connectivity index (χ1) is 9.19. The van der Waals surface area contributed by atoms with Gasteiger partial charge in [-0.3, -0.25) is 4.79 Å². The van der Waals surface area contributed by atoms with Crippen molar-refractivity contribution in [2.45, 2.75) is 38.6 Å². The highest BCUT2D eigenvalue weighted by molar-refractivity contribution is 9.10. The van der Waals surface area contributed by atoms with E-state index in [0.29, 0.717) is 6.42 Å². The number of rotatable bonds is 4. The molecule has 1 atom stereocenters. The van der Waals surface area contributed by atoms with Gasteiger partial charge in [0, 0.05) is 36.2 Å². The van der Waals surface area contributed by atoms with Crippen molar-refractivity contribution in [2.75, 3.05) is 18.0 Å². The highest BCUT2D eigenvalue weighted by Crippen LogP contribution is 2.21. The van der Waals surface area contributed by atoms with Gasteiger partial charge in [0.2, 0.25) is 5.91 Å². The smallest absolute Gasteiger partial charge is 0.220 e. The number of amides is 1. The minimum absolute atomic E-state index is 0.163. The number of carbonyl (C=O) groups is 1. The standard InChI is InChI=1S/C14H20BrN3O/c1-2-4-14(19)17-12-5-3-8-18(10-12)13-9-11(15)6-7-16-13/h6-7,9,12H,2-5,8,10H2,1H3,(H,17,19)/t12-/m0/s1. The Bertz CT molecular complexity index is 438. The second-order valence-electron chi connectivity index (χ2n) is 4.93. The first-order valence-electron chi connectivity index (χ1n) is 6.85. The summed E-state index contributed by atoms with van der Waals surface area (Å²) in [6.07, 6.45) is 5.46. The van der Waals surface area contributed by atoms with Gasteiger partial charge in [0.05, 0.1) is 0 Å². The van der Waals surface area contributed by atoms with Crippen LogP contribution in [-0.4, -0.2) is 30.0 Å². The van der Waals surface area contributed by atoms with E-state index in [1.54, 1.807) is 6.20 Å². The summed E-state index contributed by atoms with van der Waals surface area (Å²) in [7, 11) is 0. The minimum atomic E-state index is 0.163. The average Bonchev–Trinajstić information content (AvgIpc) is 2.39. The van der Waals surface area contributed by atoms with E-state index in [0.717, 1.165) is 42.6 Å². The molecule has 0 unspecified atom stereocenters. The van der Waals surface area contributed by atoms with Crippen molar-refractivity contribution < 1.29 is 4.79 Å². The molecule has 1 aliphatic heterocycles. The third kappa shape index (κ3) is 4.20. The highest BCUT2D eigenvalue weighted by Gasteiger charge is 2.22. The fourth-order valence-electron chi connectivity index (χ4n) is 2.40. The summed E-state index contributed by atoms with van der Waals surface area (Å²) >= 11 is 3.47. The summed E-state index contributed by atoms with van der Waals surface area (Å²) in [4.78, 5) is 18.3. The molecule has 1 N–H and O–H groups in total. The lowest BCUT2D eigenvalue weighted by atomic mass is 10.1. The lowest BCUT2D eigenvalue weighted by Gasteiger charge is -2.34. The molecule has 19 heavy (non-hydrogen) atoms. The van der Waals surface area contributed by atoms with Crippen molar-refractivity contribution >= 4 is 27.7 Å². The van der Waals surface area contributed by atoms with Gasteiger partial charge in [0.15, 0.2) is 0 Å². The predicted molar refractivity (Wildman–Crippen MR) is 80.2 cm³/mol. The topological polar surface area (TPSA) is 45.2 Å². The molecule has 1 fully saturated rings. The van der Waals surface area contributed by atoms with Crippen molar-refractivity contribution in [1.82, 2.24) is 10.3 Å². The third-order valence-electron chi connectivity index (χ3n) is 3.30. The van der Waals surface area contributed by atoms with Crippen molar-refractivity contribution in [3.8, 4) is 0 Å². The molecule has 0 spiro atoms. The second kappa shape index (κ2) is 6.89. The van der Waals surface area contributed by atoms with Gasteiger partial charge in [-0.25, -0.2) is 4.98 Å². The number of nitrogens with zero attached hydrogens (tertiary/aromatic N) is 2. The lowest BCUT2D eigenvalue weighted by molar-refractivity contribution is -0.121. The van der Waals surface area contributed by atoms with Gasteiger partial charge in [-0.15, -0.1) is 0 Å². The number of hydrogen-bond donors (Lipinski definition) is 1. The van der Waals surface area contributed by atoms with Crippen LogP contribution in [0, 0.1) is 0 Å². The van der Waals surface area contributed by atoms with Crippen LogP contribution < -0.4 is 10.2 Å². The summed E-state index contributed by atoms with van der Waals surface area (Å²) in [6, 6.07) is 4.19. The van der Waals surface area contributed by atoms with Gasteiger partial charge >= 0.3 is 0 Å². The van der Waals surface area contributed by atoms with Crippen LogP contribution in [0.1, 0.15) is 32.6 Å². The predicted octanol–water partition coefficient (Wildman–Crippen LogP) is 2.73. The maximum atomic E-state index is 11.7. The third-order valence-corrected chi connectivity index (χ3v) is 3.79.